The van der Waals surface area contributed by atoms with Crippen LogP contribution in [0.2, 0.25) is 0 Å². The van der Waals surface area contributed by atoms with E-state index in [1.807, 2.05) is 60.7 Å². The lowest BCUT2D eigenvalue weighted by Gasteiger charge is -2.20. The quantitative estimate of drug-likeness (QED) is 0.372. The summed E-state index contributed by atoms with van der Waals surface area (Å²) < 4.78 is 14.9. The second-order valence-corrected chi connectivity index (χ2v) is 7.91. The lowest BCUT2D eigenvalue weighted by molar-refractivity contribution is 0.0985. The average molecular weight is 413 g/mol. The zero-order valence-corrected chi connectivity index (χ0v) is 16.6. The van der Waals surface area contributed by atoms with E-state index in [1.54, 1.807) is 23.4 Å². The number of carbonyl (C=O) groups excluding carboxylic acids is 1. The molecule has 0 saturated heterocycles. The molecule has 0 fully saturated rings. The third-order valence-electron chi connectivity index (χ3n) is 4.89. The summed E-state index contributed by atoms with van der Waals surface area (Å²) >= 11 is 1.30. The molecule has 3 aromatic carbocycles. The predicted octanol–water partition coefficient (Wildman–Crippen LogP) is 5.83. The summed E-state index contributed by atoms with van der Waals surface area (Å²) in [5, 5.41) is 2.51. The van der Waals surface area contributed by atoms with Crippen LogP contribution < -0.4 is 4.90 Å². The zero-order chi connectivity index (χ0) is 20.5. The van der Waals surface area contributed by atoms with Gasteiger partial charge in [0.05, 0.1) is 11.2 Å². The number of fused-ring (bicyclic) bond motifs is 2. The van der Waals surface area contributed by atoms with Crippen LogP contribution in [0, 0.1) is 5.82 Å². The van der Waals surface area contributed by atoms with Crippen LogP contribution in [0.25, 0.3) is 21.0 Å². The number of hydrogen-bond acceptors (Lipinski definition) is 4. The molecule has 0 aliphatic carbocycles. The van der Waals surface area contributed by atoms with Crippen molar-refractivity contribution in [2.75, 3.05) is 4.90 Å². The number of aromatic nitrogens is 2. The van der Waals surface area contributed by atoms with E-state index in [2.05, 4.69) is 9.97 Å². The van der Waals surface area contributed by atoms with E-state index in [0.717, 1.165) is 16.3 Å². The van der Waals surface area contributed by atoms with Crippen molar-refractivity contribution in [3.05, 3.63) is 102 Å². The van der Waals surface area contributed by atoms with Crippen molar-refractivity contribution in [1.82, 2.24) is 9.97 Å². The average Bonchev–Trinajstić information content (AvgIpc) is 3.23. The Balaban J connectivity index is 1.60. The Morgan fingerprint density at radius 2 is 1.83 bits per heavy atom. The Bertz CT molecular complexity index is 1370. The Hall–Kier alpha value is -3.64. The van der Waals surface area contributed by atoms with Crippen LogP contribution in [0.5, 0.6) is 0 Å². The summed E-state index contributed by atoms with van der Waals surface area (Å²) in [6, 6.07) is 22.1. The van der Waals surface area contributed by atoms with E-state index in [0.29, 0.717) is 21.9 Å². The van der Waals surface area contributed by atoms with Crippen molar-refractivity contribution in [3.8, 4) is 0 Å². The van der Waals surface area contributed by atoms with Crippen molar-refractivity contribution in [2.45, 2.75) is 6.54 Å². The number of benzene rings is 3. The molecule has 5 rings (SSSR count). The van der Waals surface area contributed by atoms with Crippen LogP contribution in [0.4, 0.5) is 9.52 Å². The van der Waals surface area contributed by atoms with Gasteiger partial charge in [-0.1, -0.05) is 53.8 Å². The predicted molar refractivity (Wildman–Crippen MR) is 118 cm³/mol. The molecule has 1 amide bonds. The maximum atomic E-state index is 14.2. The standard InChI is InChI=1S/C24H16FN3OS/c25-20-8-3-9-21-22(20)27-24(30-21)28(15-16-5-4-12-26-14-16)23(29)19-11-10-17-6-1-2-7-18(17)13-19/h1-14H,15H2. The Morgan fingerprint density at radius 1 is 0.967 bits per heavy atom. The van der Waals surface area contributed by atoms with Gasteiger partial charge in [-0.15, -0.1) is 0 Å². The Labute approximate surface area is 176 Å². The molecule has 0 atom stereocenters. The summed E-state index contributed by atoms with van der Waals surface area (Å²) in [5.41, 5.74) is 1.70. The first-order chi connectivity index (χ1) is 14.7. The largest absolute Gasteiger partial charge is 0.279 e. The number of pyridine rings is 1. The normalized spacial score (nSPS) is 11.1. The summed E-state index contributed by atoms with van der Waals surface area (Å²) in [6.45, 7) is 0.293. The molecule has 0 N–H and O–H groups in total. The Kier molecular flexibility index (Phi) is 4.69. The molecular formula is C24H16FN3OS. The first kappa shape index (κ1) is 18.4. The maximum Gasteiger partial charge on any atom is 0.260 e. The number of thiazole rings is 1. The molecule has 0 spiro atoms. The molecule has 0 aliphatic heterocycles. The van der Waals surface area contributed by atoms with Gasteiger partial charge in [-0.3, -0.25) is 14.7 Å². The molecule has 5 aromatic rings. The van der Waals surface area contributed by atoms with Gasteiger partial charge in [0, 0.05) is 18.0 Å². The van der Waals surface area contributed by atoms with Crippen LogP contribution in [0.3, 0.4) is 0 Å². The minimum Gasteiger partial charge on any atom is -0.279 e. The van der Waals surface area contributed by atoms with E-state index < -0.39 is 5.82 Å². The number of rotatable bonds is 4. The molecule has 2 heterocycles. The van der Waals surface area contributed by atoms with E-state index in [-0.39, 0.29) is 11.4 Å². The van der Waals surface area contributed by atoms with Crippen LogP contribution in [0.1, 0.15) is 15.9 Å². The highest BCUT2D eigenvalue weighted by Gasteiger charge is 2.23. The van der Waals surface area contributed by atoms with Crippen molar-refractivity contribution in [1.29, 1.82) is 0 Å². The third kappa shape index (κ3) is 3.42. The molecule has 2 aromatic heterocycles. The zero-order valence-electron chi connectivity index (χ0n) is 15.8. The van der Waals surface area contributed by atoms with Crippen LogP contribution in [-0.4, -0.2) is 15.9 Å². The SMILES string of the molecule is O=C(c1ccc2ccccc2c1)N(Cc1cccnc1)c1nc2c(F)cccc2s1. The van der Waals surface area contributed by atoms with Crippen molar-refractivity contribution < 1.29 is 9.18 Å². The minimum absolute atomic E-state index is 0.191. The number of carbonyl (C=O) groups is 1. The van der Waals surface area contributed by atoms with Gasteiger partial charge < -0.3 is 0 Å². The van der Waals surface area contributed by atoms with Crippen molar-refractivity contribution in [3.63, 3.8) is 0 Å². The summed E-state index contributed by atoms with van der Waals surface area (Å²) in [7, 11) is 0. The monoisotopic (exact) mass is 413 g/mol. The molecule has 30 heavy (non-hydrogen) atoms. The third-order valence-corrected chi connectivity index (χ3v) is 5.94. The number of nitrogens with zero attached hydrogens (tertiary/aromatic N) is 3. The summed E-state index contributed by atoms with van der Waals surface area (Å²) in [4.78, 5) is 23.7. The number of hydrogen-bond donors (Lipinski definition) is 0. The molecule has 0 saturated carbocycles. The molecule has 6 heteroatoms. The molecule has 0 unspecified atom stereocenters. The Morgan fingerprint density at radius 3 is 2.63 bits per heavy atom. The number of amides is 1. The van der Waals surface area contributed by atoms with E-state index in [9.17, 15) is 9.18 Å². The van der Waals surface area contributed by atoms with Gasteiger partial charge in [-0.25, -0.2) is 9.37 Å². The first-order valence-electron chi connectivity index (χ1n) is 9.44. The van der Waals surface area contributed by atoms with E-state index >= 15 is 0 Å². The second-order valence-electron chi connectivity index (χ2n) is 6.90. The number of anilines is 1. The molecule has 0 radical (unpaired) electrons. The fourth-order valence-corrected chi connectivity index (χ4v) is 4.38. The minimum atomic E-state index is -0.394. The topological polar surface area (TPSA) is 46.1 Å². The van der Waals surface area contributed by atoms with Crippen LogP contribution >= 0.6 is 11.3 Å². The van der Waals surface area contributed by atoms with Crippen molar-refractivity contribution in [2.24, 2.45) is 0 Å². The van der Waals surface area contributed by atoms with Gasteiger partial charge in [0.2, 0.25) is 0 Å². The summed E-state index contributed by atoms with van der Waals surface area (Å²) in [6.07, 6.45) is 3.40. The highest BCUT2D eigenvalue weighted by atomic mass is 32.1. The fraction of sp³-hybridized carbons (Fsp3) is 0.0417. The van der Waals surface area contributed by atoms with Gasteiger partial charge in [-0.05, 0) is 46.7 Å². The molecule has 4 nitrogen and oxygen atoms in total. The van der Waals surface area contributed by atoms with E-state index in [4.69, 9.17) is 0 Å². The van der Waals surface area contributed by atoms with Crippen molar-refractivity contribution >= 4 is 43.4 Å². The highest BCUT2D eigenvalue weighted by molar-refractivity contribution is 7.22. The molecule has 0 bridgehead atoms. The number of halogens is 1. The van der Waals surface area contributed by atoms with Gasteiger partial charge >= 0.3 is 0 Å². The fourth-order valence-electron chi connectivity index (χ4n) is 3.40. The van der Waals surface area contributed by atoms with Crippen LogP contribution in [0.15, 0.2) is 85.2 Å². The van der Waals surface area contributed by atoms with Gasteiger partial charge in [0.15, 0.2) is 5.13 Å². The molecular weight excluding hydrogens is 397 g/mol. The van der Waals surface area contributed by atoms with Gasteiger partial charge in [0.25, 0.3) is 5.91 Å². The first-order valence-corrected chi connectivity index (χ1v) is 10.3. The van der Waals surface area contributed by atoms with E-state index in [1.165, 1.54) is 17.4 Å². The molecule has 146 valence electrons. The second kappa shape index (κ2) is 7.65. The lowest BCUT2D eigenvalue weighted by Crippen LogP contribution is -2.30. The maximum absolute atomic E-state index is 14.2. The van der Waals surface area contributed by atoms with Crippen LogP contribution in [-0.2, 0) is 6.54 Å². The highest BCUT2D eigenvalue weighted by Crippen LogP contribution is 2.32. The summed E-state index contributed by atoms with van der Waals surface area (Å²) in [5.74, 6) is -0.585. The molecule has 0 aliphatic rings. The van der Waals surface area contributed by atoms with Gasteiger partial charge in [0.1, 0.15) is 11.3 Å². The smallest absolute Gasteiger partial charge is 0.260 e. The number of para-hydroxylation sites is 1. The lowest BCUT2D eigenvalue weighted by atomic mass is 10.1. The van der Waals surface area contributed by atoms with Gasteiger partial charge in [-0.2, -0.15) is 0 Å².